The van der Waals surface area contributed by atoms with Crippen LogP contribution < -0.4 is 15.5 Å². The van der Waals surface area contributed by atoms with Gasteiger partial charge < -0.3 is 15.5 Å². The first-order chi connectivity index (χ1) is 9.66. The first kappa shape index (κ1) is 14.9. The minimum Gasteiger partial charge on any atom is -0.370 e. The third-order valence-corrected chi connectivity index (χ3v) is 3.55. The Balaban J connectivity index is 2.01. The highest BCUT2D eigenvalue weighted by Gasteiger charge is 2.15. The summed E-state index contributed by atoms with van der Waals surface area (Å²) in [4.78, 5) is 14.3. The number of hydrogen-bond acceptors (Lipinski definition) is 3. The van der Waals surface area contributed by atoms with E-state index in [-0.39, 0.29) is 5.91 Å². The number of para-hydroxylation sites is 2. The van der Waals surface area contributed by atoms with Gasteiger partial charge in [-0.2, -0.15) is 0 Å². The summed E-state index contributed by atoms with van der Waals surface area (Å²) in [5.74, 6) is 0.0168. The Labute approximate surface area is 121 Å². The molecule has 1 fully saturated rings. The molecule has 110 valence electrons. The summed E-state index contributed by atoms with van der Waals surface area (Å²) in [7, 11) is 0. The average molecular weight is 275 g/mol. The molecule has 20 heavy (non-hydrogen) atoms. The number of benzene rings is 1. The van der Waals surface area contributed by atoms with Crippen LogP contribution in [0.4, 0.5) is 11.4 Å². The molecule has 1 aromatic carbocycles. The van der Waals surface area contributed by atoms with Crippen molar-refractivity contribution in [1.82, 2.24) is 5.32 Å². The van der Waals surface area contributed by atoms with Gasteiger partial charge in [0.2, 0.25) is 5.91 Å². The lowest BCUT2D eigenvalue weighted by Crippen LogP contribution is -2.34. The number of anilines is 2. The van der Waals surface area contributed by atoms with Crippen LogP contribution in [0, 0.1) is 0 Å². The van der Waals surface area contributed by atoms with Gasteiger partial charge in [-0.05, 0) is 31.4 Å². The van der Waals surface area contributed by atoms with E-state index >= 15 is 0 Å². The van der Waals surface area contributed by atoms with E-state index in [1.807, 2.05) is 32.0 Å². The van der Waals surface area contributed by atoms with E-state index in [2.05, 4.69) is 21.6 Å². The molecule has 0 radical (unpaired) electrons. The number of piperidine rings is 1. The maximum Gasteiger partial charge on any atom is 0.238 e. The van der Waals surface area contributed by atoms with Crippen LogP contribution in [0.15, 0.2) is 24.3 Å². The smallest absolute Gasteiger partial charge is 0.238 e. The molecule has 0 unspecified atom stereocenters. The zero-order valence-electron chi connectivity index (χ0n) is 12.5. The molecule has 0 spiro atoms. The normalized spacial score (nSPS) is 15.4. The second-order valence-corrected chi connectivity index (χ2v) is 5.65. The monoisotopic (exact) mass is 275 g/mol. The van der Waals surface area contributed by atoms with E-state index in [0.29, 0.717) is 12.6 Å². The molecule has 1 saturated heterocycles. The molecule has 0 aromatic heterocycles. The quantitative estimate of drug-likeness (QED) is 0.868. The molecule has 1 heterocycles. The molecule has 0 bridgehead atoms. The number of rotatable bonds is 5. The molecule has 4 nitrogen and oxygen atoms in total. The van der Waals surface area contributed by atoms with E-state index < -0.39 is 0 Å². The van der Waals surface area contributed by atoms with Gasteiger partial charge in [0, 0.05) is 19.1 Å². The fraction of sp³-hybridized carbons (Fsp3) is 0.562. The Kier molecular flexibility index (Phi) is 5.41. The molecule has 1 aliphatic heterocycles. The summed E-state index contributed by atoms with van der Waals surface area (Å²) in [6.07, 6.45) is 3.78. The van der Waals surface area contributed by atoms with Crippen molar-refractivity contribution < 1.29 is 4.79 Å². The van der Waals surface area contributed by atoms with Gasteiger partial charge in [0.25, 0.3) is 0 Å². The maximum absolute atomic E-state index is 12.0. The van der Waals surface area contributed by atoms with E-state index in [9.17, 15) is 4.79 Å². The molecule has 0 atom stereocenters. The van der Waals surface area contributed by atoms with Crippen LogP contribution in [0.1, 0.15) is 33.1 Å². The summed E-state index contributed by atoms with van der Waals surface area (Å²) in [6, 6.07) is 8.40. The van der Waals surface area contributed by atoms with Crippen LogP contribution in [0.2, 0.25) is 0 Å². The molecule has 1 aromatic rings. The molecule has 1 aliphatic rings. The number of nitrogens with zero attached hydrogens (tertiary/aromatic N) is 1. The van der Waals surface area contributed by atoms with Crippen molar-refractivity contribution in [3.05, 3.63) is 24.3 Å². The van der Waals surface area contributed by atoms with Crippen LogP contribution in [0.3, 0.4) is 0 Å². The Hall–Kier alpha value is -1.55. The minimum absolute atomic E-state index is 0.0168. The Morgan fingerprint density at radius 3 is 2.60 bits per heavy atom. The van der Waals surface area contributed by atoms with Crippen LogP contribution in [-0.4, -0.2) is 31.6 Å². The standard InChI is InChI=1S/C16H25N3O/c1-13(2)17-12-16(20)18-14-8-4-5-9-15(14)19-10-6-3-7-11-19/h4-5,8-9,13,17H,3,6-7,10-12H2,1-2H3,(H,18,20). The molecule has 1 amide bonds. The molecule has 0 saturated carbocycles. The van der Waals surface area contributed by atoms with Crippen molar-refractivity contribution in [3.63, 3.8) is 0 Å². The van der Waals surface area contributed by atoms with Gasteiger partial charge >= 0.3 is 0 Å². The van der Waals surface area contributed by atoms with Crippen molar-refractivity contribution in [2.75, 3.05) is 29.9 Å². The van der Waals surface area contributed by atoms with Gasteiger partial charge in [-0.3, -0.25) is 4.79 Å². The lowest BCUT2D eigenvalue weighted by atomic mass is 10.1. The predicted molar refractivity (Wildman–Crippen MR) is 84.3 cm³/mol. The van der Waals surface area contributed by atoms with Crippen molar-refractivity contribution in [1.29, 1.82) is 0 Å². The van der Waals surface area contributed by atoms with Crippen LogP contribution in [0.5, 0.6) is 0 Å². The fourth-order valence-corrected chi connectivity index (χ4v) is 2.48. The largest absolute Gasteiger partial charge is 0.370 e. The lowest BCUT2D eigenvalue weighted by molar-refractivity contribution is -0.115. The second-order valence-electron chi connectivity index (χ2n) is 5.65. The Morgan fingerprint density at radius 1 is 1.20 bits per heavy atom. The Bertz CT molecular complexity index is 439. The summed E-state index contributed by atoms with van der Waals surface area (Å²) in [6.45, 7) is 6.59. The summed E-state index contributed by atoms with van der Waals surface area (Å²) < 4.78 is 0. The zero-order valence-corrected chi connectivity index (χ0v) is 12.5. The van der Waals surface area contributed by atoms with Gasteiger partial charge in [0.05, 0.1) is 17.9 Å². The third kappa shape index (κ3) is 4.23. The van der Waals surface area contributed by atoms with Crippen molar-refractivity contribution in [2.45, 2.75) is 39.2 Å². The second kappa shape index (κ2) is 7.29. The van der Waals surface area contributed by atoms with Gasteiger partial charge in [-0.25, -0.2) is 0 Å². The minimum atomic E-state index is 0.0168. The summed E-state index contributed by atoms with van der Waals surface area (Å²) >= 11 is 0. The van der Waals surface area contributed by atoms with Gasteiger partial charge in [0.15, 0.2) is 0 Å². The van der Waals surface area contributed by atoms with Gasteiger partial charge in [0.1, 0.15) is 0 Å². The molecule has 2 N–H and O–H groups in total. The number of carbonyl (C=O) groups is 1. The SMILES string of the molecule is CC(C)NCC(=O)Nc1ccccc1N1CCCCC1. The molecule has 4 heteroatoms. The topological polar surface area (TPSA) is 44.4 Å². The lowest BCUT2D eigenvalue weighted by Gasteiger charge is -2.30. The predicted octanol–water partition coefficient (Wildman–Crippen LogP) is 2.61. The molecule has 0 aliphatic carbocycles. The van der Waals surface area contributed by atoms with E-state index in [0.717, 1.165) is 24.5 Å². The highest BCUT2D eigenvalue weighted by atomic mass is 16.1. The number of amides is 1. The number of carbonyl (C=O) groups excluding carboxylic acids is 1. The van der Waals surface area contributed by atoms with E-state index in [1.54, 1.807) is 0 Å². The van der Waals surface area contributed by atoms with Gasteiger partial charge in [-0.1, -0.05) is 26.0 Å². The first-order valence-electron chi connectivity index (χ1n) is 7.54. The average Bonchev–Trinajstić information content (AvgIpc) is 2.47. The highest BCUT2D eigenvalue weighted by Crippen LogP contribution is 2.28. The molecule has 2 rings (SSSR count). The number of nitrogens with one attached hydrogen (secondary N) is 2. The highest BCUT2D eigenvalue weighted by molar-refractivity contribution is 5.95. The fourth-order valence-electron chi connectivity index (χ4n) is 2.48. The van der Waals surface area contributed by atoms with Crippen LogP contribution in [0.25, 0.3) is 0 Å². The van der Waals surface area contributed by atoms with Gasteiger partial charge in [-0.15, -0.1) is 0 Å². The first-order valence-corrected chi connectivity index (χ1v) is 7.54. The molecular weight excluding hydrogens is 250 g/mol. The third-order valence-electron chi connectivity index (χ3n) is 3.55. The summed E-state index contributed by atoms with van der Waals surface area (Å²) in [5.41, 5.74) is 2.06. The van der Waals surface area contributed by atoms with Crippen molar-refractivity contribution in [2.24, 2.45) is 0 Å². The zero-order chi connectivity index (χ0) is 14.4. The van der Waals surface area contributed by atoms with Crippen LogP contribution >= 0.6 is 0 Å². The van der Waals surface area contributed by atoms with E-state index in [1.165, 1.54) is 19.3 Å². The molecular formula is C16H25N3O. The Morgan fingerprint density at radius 2 is 1.90 bits per heavy atom. The van der Waals surface area contributed by atoms with Crippen molar-refractivity contribution in [3.8, 4) is 0 Å². The summed E-state index contributed by atoms with van der Waals surface area (Å²) in [5, 5.41) is 6.16. The van der Waals surface area contributed by atoms with E-state index in [4.69, 9.17) is 0 Å². The maximum atomic E-state index is 12.0. The van der Waals surface area contributed by atoms with Crippen LogP contribution in [-0.2, 0) is 4.79 Å². The number of hydrogen-bond donors (Lipinski definition) is 2. The van der Waals surface area contributed by atoms with Crippen molar-refractivity contribution >= 4 is 17.3 Å².